The molecule has 4 rings (SSSR count). The summed E-state index contributed by atoms with van der Waals surface area (Å²) in [5.41, 5.74) is 2.02. The van der Waals surface area contributed by atoms with Gasteiger partial charge < -0.3 is 10.1 Å². The number of hydrogen-bond donors (Lipinski definition) is 2. The van der Waals surface area contributed by atoms with Crippen molar-refractivity contribution < 1.29 is 4.74 Å². The standard InChI is InChI=1S/C18H28N6O.ClH/c1-3-4-8-24-18(21-17(23-24)14-11-20-22-12(14)2)13-5-6-16-15(10-13)19-7-9-25-16;/h11,13,15-16,19H,3-10H2,1-2H3,(H,20,22);1H/t13-,15+,16+;/m0./s1. The summed E-state index contributed by atoms with van der Waals surface area (Å²) in [7, 11) is 0. The Kier molecular flexibility index (Phi) is 6.32. The van der Waals surface area contributed by atoms with E-state index >= 15 is 0 Å². The number of halogens is 1. The van der Waals surface area contributed by atoms with E-state index in [-0.39, 0.29) is 12.4 Å². The Balaban J connectivity index is 0.00000196. The van der Waals surface area contributed by atoms with Crippen molar-refractivity contribution >= 4 is 12.4 Å². The van der Waals surface area contributed by atoms with Crippen LogP contribution in [0.15, 0.2) is 6.20 Å². The molecule has 2 aliphatic rings. The Morgan fingerprint density at radius 2 is 2.23 bits per heavy atom. The first-order valence-electron chi connectivity index (χ1n) is 9.56. The number of hydrogen-bond acceptors (Lipinski definition) is 5. The Hall–Kier alpha value is -1.44. The van der Waals surface area contributed by atoms with Gasteiger partial charge in [0.25, 0.3) is 0 Å². The van der Waals surface area contributed by atoms with Crippen LogP contribution < -0.4 is 5.32 Å². The number of unbranched alkanes of at least 4 members (excludes halogenated alkanes) is 1. The zero-order valence-corrected chi connectivity index (χ0v) is 16.4. The lowest BCUT2D eigenvalue weighted by Crippen LogP contribution is -2.51. The van der Waals surface area contributed by atoms with Crippen LogP contribution in [0.3, 0.4) is 0 Å². The van der Waals surface area contributed by atoms with Crippen molar-refractivity contribution in [2.45, 2.75) is 70.6 Å². The van der Waals surface area contributed by atoms with E-state index in [1.165, 1.54) is 0 Å². The van der Waals surface area contributed by atoms with E-state index in [1.54, 1.807) is 0 Å². The quantitative estimate of drug-likeness (QED) is 0.833. The van der Waals surface area contributed by atoms with Crippen molar-refractivity contribution in [3.8, 4) is 11.4 Å². The monoisotopic (exact) mass is 380 g/mol. The zero-order chi connectivity index (χ0) is 17.2. The van der Waals surface area contributed by atoms with Crippen molar-refractivity contribution in [2.24, 2.45) is 0 Å². The number of aryl methyl sites for hydroxylation is 2. The molecular formula is C18H29ClN6O. The number of nitrogens with zero attached hydrogens (tertiary/aromatic N) is 4. The number of morpholine rings is 1. The van der Waals surface area contributed by atoms with Gasteiger partial charge in [-0.15, -0.1) is 12.4 Å². The van der Waals surface area contributed by atoms with Gasteiger partial charge in [-0.05, 0) is 32.6 Å². The molecule has 2 aromatic rings. The topological polar surface area (TPSA) is 80.7 Å². The predicted molar refractivity (Wildman–Crippen MR) is 103 cm³/mol. The molecule has 2 N–H and O–H groups in total. The second-order valence-electron chi connectivity index (χ2n) is 7.26. The van der Waals surface area contributed by atoms with E-state index in [4.69, 9.17) is 14.8 Å². The molecule has 0 spiro atoms. The number of ether oxygens (including phenoxy) is 1. The fraction of sp³-hybridized carbons (Fsp3) is 0.722. The van der Waals surface area contributed by atoms with Crippen molar-refractivity contribution in [1.82, 2.24) is 30.3 Å². The van der Waals surface area contributed by atoms with E-state index in [2.05, 4.69) is 27.1 Å². The van der Waals surface area contributed by atoms with Crippen LogP contribution in [0, 0.1) is 6.92 Å². The highest BCUT2D eigenvalue weighted by molar-refractivity contribution is 5.85. The third kappa shape index (κ3) is 3.80. The lowest BCUT2D eigenvalue weighted by Gasteiger charge is -2.39. The van der Waals surface area contributed by atoms with Crippen LogP contribution in [-0.4, -0.2) is 50.3 Å². The third-order valence-corrected chi connectivity index (χ3v) is 5.49. The fourth-order valence-electron chi connectivity index (χ4n) is 4.07. The minimum Gasteiger partial charge on any atom is -0.375 e. The van der Waals surface area contributed by atoms with Crippen LogP contribution in [-0.2, 0) is 11.3 Å². The zero-order valence-electron chi connectivity index (χ0n) is 15.6. The summed E-state index contributed by atoms with van der Waals surface area (Å²) < 4.78 is 8.06. The molecule has 26 heavy (non-hydrogen) atoms. The molecule has 2 fully saturated rings. The van der Waals surface area contributed by atoms with E-state index < -0.39 is 0 Å². The first kappa shape index (κ1) is 19.3. The van der Waals surface area contributed by atoms with Gasteiger partial charge in [0, 0.05) is 30.7 Å². The number of aromatic amines is 1. The number of rotatable bonds is 5. The molecule has 7 nitrogen and oxygen atoms in total. The summed E-state index contributed by atoms with van der Waals surface area (Å²) in [6.45, 7) is 6.96. The second-order valence-corrected chi connectivity index (χ2v) is 7.26. The number of fused-ring (bicyclic) bond motifs is 1. The molecule has 1 saturated heterocycles. The summed E-state index contributed by atoms with van der Waals surface area (Å²) in [5.74, 6) is 2.38. The van der Waals surface area contributed by atoms with Gasteiger partial charge in [-0.1, -0.05) is 13.3 Å². The van der Waals surface area contributed by atoms with Gasteiger partial charge in [0.05, 0.1) is 24.5 Å². The van der Waals surface area contributed by atoms with Crippen LogP contribution in [0.25, 0.3) is 11.4 Å². The summed E-state index contributed by atoms with van der Waals surface area (Å²) >= 11 is 0. The van der Waals surface area contributed by atoms with Crippen molar-refractivity contribution in [3.63, 3.8) is 0 Å². The number of nitrogens with one attached hydrogen (secondary N) is 2. The summed E-state index contributed by atoms with van der Waals surface area (Å²) in [6.07, 6.45) is 7.78. The van der Waals surface area contributed by atoms with Crippen LogP contribution in [0.4, 0.5) is 0 Å². The maximum Gasteiger partial charge on any atom is 0.184 e. The molecule has 1 saturated carbocycles. The van der Waals surface area contributed by atoms with Crippen LogP contribution in [0.1, 0.15) is 56.5 Å². The Labute approximate surface area is 160 Å². The van der Waals surface area contributed by atoms with E-state index in [9.17, 15) is 0 Å². The van der Waals surface area contributed by atoms with Crippen molar-refractivity contribution in [1.29, 1.82) is 0 Å². The maximum atomic E-state index is 5.92. The normalized spacial score (nSPS) is 25.5. The molecule has 3 atom stereocenters. The van der Waals surface area contributed by atoms with Gasteiger partial charge in [0.2, 0.25) is 0 Å². The Morgan fingerprint density at radius 3 is 3.00 bits per heavy atom. The average Bonchev–Trinajstić information content (AvgIpc) is 3.25. The van der Waals surface area contributed by atoms with Gasteiger partial charge in [-0.25, -0.2) is 9.67 Å². The minimum absolute atomic E-state index is 0. The van der Waals surface area contributed by atoms with Gasteiger partial charge >= 0.3 is 0 Å². The Bertz CT molecular complexity index is 714. The van der Waals surface area contributed by atoms with Crippen LogP contribution in [0.2, 0.25) is 0 Å². The lowest BCUT2D eigenvalue weighted by molar-refractivity contribution is -0.0282. The molecule has 0 amide bonds. The van der Waals surface area contributed by atoms with E-state index in [0.717, 1.165) is 74.7 Å². The molecule has 0 radical (unpaired) electrons. The highest BCUT2D eigenvalue weighted by Gasteiger charge is 2.35. The largest absolute Gasteiger partial charge is 0.375 e. The molecule has 1 aliphatic heterocycles. The minimum atomic E-state index is 0. The molecule has 3 heterocycles. The smallest absolute Gasteiger partial charge is 0.184 e. The molecule has 0 unspecified atom stereocenters. The van der Waals surface area contributed by atoms with E-state index in [1.807, 2.05) is 13.1 Å². The second kappa shape index (κ2) is 8.50. The maximum absolute atomic E-state index is 5.92. The van der Waals surface area contributed by atoms with Gasteiger partial charge in [-0.2, -0.15) is 10.2 Å². The highest BCUT2D eigenvalue weighted by atomic mass is 35.5. The first-order valence-corrected chi connectivity index (χ1v) is 9.56. The van der Waals surface area contributed by atoms with Gasteiger partial charge in [-0.3, -0.25) is 5.10 Å². The van der Waals surface area contributed by atoms with Crippen LogP contribution in [0.5, 0.6) is 0 Å². The fourth-order valence-corrected chi connectivity index (χ4v) is 4.07. The van der Waals surface area contributed by atoms with E-state index in [0.29, 0.717) is 18.1 Å². The molecule has 8 heteroatoms. The molecular weight excluding hydrogens is 352 g/mol. The predicted octanol–water partition coefficient (Wildman–Crippen LogP) is 2.82. The molecule has 1 aliphatic carbocycles. The van der Waals surface area contributed by atoms with Crippen LogP contribution >= 0.6 is 12.4 Å². The van der Waals surface area contributed by atoms with Gasteiger partial charge in [0.15, 0.2) is 5.82 Å². The SMILES string of the molecule is CCCCn1nc(-c2cn[nH]c2C)nc1[C@H]1CC[C@H]2OCCN[C@@H]2C1.Cl. The van der Waals surface area contributed by atoms with Crippen molar-refractivity contribution in [3.05, 3.63) is 17.7 Å². The summed E-state index contributed by atoms with van der Waals surface area (Å²) in [5, 5.41) is 15.6. The van der Waals surface area contributed by atoms with Crippen molar-refractivity contribution in [2.75, 3.05) is 13.2 Å². The highest BCUT2D eigenvalue weighted by Crippen LogP contribution is 2.35. The first-order chi connectivity index (χ1) is 12.3. The third-order valence-electron chi connectivity index (χ3n) is 5.49. The molecule has 144 valence electrons. The lowest BCUT2D eigenvalue weighted by atomic mass is 9.82. The molecule has 0 bridgehead atoms. The summed E-state index contributed by atoms with van der Waals surface area (Å²) in [4.78, 5) is 4.95. The average molecular weight is 381 g/mol. The van der Waals surface area contributed by atoms with Gasteiger partial charge in [0.1, 0.15) is 5.82 Å². The summed E-state index contributed by atoms with van der Waals surface area (Å²) in [6, 6.07) is 0.447. The molecule has 0 aromatic carbocycles. The Morgan fingerprint density at radius 1 is 1.35 bits per heavy atom. The molecule has 2 aromatic heterocycles. The number of H-pyrrole nitrogens is 1. The number of aromatic nitrogens is 5.